The first kappa shape index (κ1) is 23.8. The molecule has 192 valence electrons. The lowest BCUT2D eigenvalue weighted by Gasteiger charge is -2.27. The Morgan fingerprint density at radius 3 is 2.57 bits per heavy atom. The molecule has 1 aromatic carbocycles. The minimum atomic E-state index is -0.268. The number of nitrogens with two attached hydrogens (primary N) is 1. The summed E-state index contributed by atoms with van der Waals surface area (Å²) < 4.78 is 15.8. The van der Waals surface area contributed by atoms with Crippen LogP contribution in [0.3, 0.4) is 0 Å². The highest BCUT2D eigenvalue weighted by atomic mass is 19.1. The van der Waals surface area contributed by atoms with Crippen molar-refractivity contribution < 1.29 is 4.39 Å². The third-order valence-corrected chi connectivity index (χ3v) is 7.65. The standard InChI is InChI=1S/C28H33FN8/c29-20-5-3-4-19(14-20)24-13-8-18(15-31-24)16-32-26-25-27(37(17-33-25)23-6-1-2-7-23)36-28(35-26)34-22-11-9-21(30)10-12-22/h3-5,8,13-15,17,21-23H,1-2,6-7,9-12,16,30H2,(H2,32,34,35,36). The van der Waals surface area contributed by atoms with E-state index in [9.17, 15) is 4.39 Å². The van der Waals surface area contributed by atoms with E-state index in [2.05, 4.69) is 20.2 Å². The highest BCUT2D eigenvalue weighted by Crippen LogP contribution is 2.33. The smallest absolute Gasteiger partial charge is 0.227 e. The summed E-state index contributed by atoms with van der Waals surface area (Å²) in [5, 5.41) is 7.04. The molecule has 0 atom stereocenters. The monoisotopic (exact) mass is 500 g/mol. The predicted octanol–water partition coefficient (Wildman–Crippen LogP) is 5.44. The Hall–Kier alpha value is -3.59. The molecule has 0 amide bonds. The van der Waals surface area contributed by atoms with E-state index in [0.717, 1.165) is 66.5 Å². The van der Waals surface area contributed by atoms with E-state index in [1.165, 1.54) is 25.0 Å². The van der Waals surface area contributed by atoms with E-state index in [0.29, 0.717) is 36.4 Å². The second-order valence-electron chi connectivity index (χ2n) is 10.3. The van der Waals surface area contributed by atoms with Crippen LogP contribution < -0.4 is 16.4 Å². The maximum Gasteiger partial charge on any atom is 0.227 e. The van der Waals surface area contributed by atoms with Gasteiger partial charge in [-0.2, -0.15) is 9.97 Å². The third kappa shape index (κ3) is 5.27. The lowest BCUT2D eigenvalue weighted by Crippen LogP contribution is -2.33. The topological polar surface area (TPSA) is 107 Å². The van der Waals surface area contributed by atoms with Gasteiger partial charge < -0.3 is 20.9 Å². The second-order valence-corrected chi connectivity index (χ2v) is 10.3. The van der Waals surface area contributed by atoms with E-state index in [1.807, 2.05) is 30.7 Å². The summed E-state index contributed by atoms with van der Waals surface area (Å²) in [5.41, 5.74) is 10.3. The Labute approximate surface area is 215 Å². The van der Waals surface area contributed by atoms with Gasteiger partial charge in [-0.1, -0.05) is 31.0 Å². The summed E-state index contributed by atoms with van der Waals surface area (Å²) in [6.07, 6.45) is 12.6. The number of aromatic nitrogens is 5. The second kappa shape index (κ2) is 10.4. The molecule has 0 radical (unpaired) electrons. The average Bonchev–Trinajstić information content (AvgIpc) is 3.59. The minimum Gasteiger partial charge on any atom is -0.364 e. The molecule has 0 aliphatic heterocycles. The number of hydrogen-bond acceptors (Lipinski definition) is 7. The van der Waals surface area contributed by atoms with Crippen molar-refractivity contribution in [1.82, 2.24) is 24.5 Å². The van der Waals surface area contributed by atoms with Crippen LogP contribution in [0.2, 0.25) is 0 Å². The summed E-state index contributed by atoms with van der Waals surface area (Å²) in [6.45, 7) is 0.538. The number of nitrogens with zero attached hydrogens (tertiary/aromatic N) is 5. The fourth-order valence-corrected chi connectivity index (χ4v) is 5.53. The van der Waals surface area contributed by atoms with Crippen molar-refractivity contribution in [2.24, 2.45) is 5.73 Å². The summed E-state index contributed by atoms with van der Waals surface area (Å²) >= 11 is 0. The molecule has 8 nitrogen and oxygen atoms in total. The van der Waals surface area contributed by atoms with Crippen molar-refractivity contribution in [3.8, 4) is 11.3 Å². The van der Waals surface area contributed by atoms with E-state index in [-0.39, 0.29) is 5.82 Å². The van der Waals surface area contributed by atoms with Gasteiger partial charge in [-0.3, -0.25) is 4.98 Å². The first-order valence-electron chi connectivity index (χ1n) is 13.3. The Kier molecular flexibility index (Phi) is 6.70. The molecule has 2 aliphatic carbocycles. The van der Waals surface area contributed by atoms with Gasteiger partial charge in [0.15, 0.2) is 17.0 Å². The molecule has 37 heavy (non-hydrogen) atoms. The van der Waals surface area contributed by atoms with Gasteiger partial charge in [-0.05, 0) is 62.3 Å². The SMILES string of the molecule is NC1CCC(Nc2nc(NCc3ccc(-c4cccc(F)c4)nc3)c3ncn(C4CCCC4)c3n2)CC1. The highest BCUT2D eigenvalue weighted by molar-refractivity contribution is 5.84. The van der Waals surface area contributed by atoms with Gasteiger partial charge in [0.25, 0.3) is 0 Å². The molecule has 9 heteroatoms. The van der Waals surface area contributed by atoms with Gasteiger partial charge in [-0.15, -0.1) is 0 Å². The summed E-state index contributed by atoms with van der Waals surface area (Å²) in [4.78, 5) is 19.0. The number of fused-ring (bicyclic) bond motifs is 1. The minimum absolute atomic E-state index is 0.268. The van der Waals surface area contributed by atoms with Gasteiger partial charge in [-0.25, -0.2) is 9.37 Å². The predicted molar refractivity (Wildman–Crippen MR) is 144 cm³/mol. The molecule has 2 fully saturated rings. The molecule has 4 N–H and O–H groups in total. The summed E-state index contributed by atoms with van der Waals surface area (Å²) in [5.74, 6) is 1.08. The van der Waals surface area contributed by atoms with Crippen LogP contribution in [-0.2, 0) is 6.54 Å². The molecule has 2 aliphatic rings. The zero-order valence-corrected chi connectivity index (χ0v) is 20.9. The van der Waals surface area contributed by atoms with Crippen LogP contribution in [0, 0.1) is 5.82 Å². The van der Waals surface area contributed by atoms with Crippen molar-refractivity contribution >= 4 is 22.9 Å². The number of pyridine rings is 1. The summed E-state index contributed by atoms with van der Waals surface area (Å²) in [7, 11) is 0. The molecule has 0 spiro atoms. The van der Waals surface area contributed by atoms with Crippen molar-refractivity contribution in [3.05, 3.63) is 60.3 Å². The van der Waals surface area contributed by atoms with Crippen LogP contribution in [0.4, 0.5) is 16.2 Å². The molecular weight excluding hydrogens is 467 g/mol. The Bertz CT molecular complexity index is 1350. The number of benzene rings is 1. The zero-order valence-electron chi connectivity index (χ0n) is 20.9. The highest BCUT2D eigenvalue weighted by Gasteiger charge is 2.24. The van der Waals surface area contributed by atoms with Crippen molar-refractivity contribution in [1.29, 1.82) is 0 Å². The normalized spacial score (nSPS) is 20.4. The zero-order chi connectivity index (χ0) is 25.2. The Morgan fingerprint density at radius 2 is 1.81 bits per heavy atom. The molecule has 2 saturated carbocycles. The maximum atomic E-state index is 13.6. The van der Waals surface area contributed by atoms with Crippen molar-refractivity contribution in [3.63, 3.8) is 0 Å². The molecular formula is C28H33FN8. The number of nitrogens with one attached hydrogen (secondary N) is 2. The van der Waals surface area contributed by atoms with Gasteiger partial charge in [0.2, 0.25) is 5.95 Å². The van der Waals surface area contributed by atoms with Crippen LogP contribution in [0.5, 0.6) is 0 Å². The number of hydrogen-bond donors (Lipinski definition) is 3. The molecule has 0 saturated heterocycles. The maximum absolute atomic E-state index is 13.6. The Balaban J connectivity index is 1.24. The number of halogens is 1. The van der Waals surface area contributed by atoms with Crippen LogP contribution in [0.15, 0.2) is 48.9 Å². The first-order chi connectivity index (χ1) is 18.1. The van der Waals surface area contributed by atoms with E-state index < -0.39 is 0 Å². The molecule has 6 rings (SSSR count). The Morgan fingerprint density at radius 1 is 0.973 bits per heavy atom. The van der Waals surface area contributed by atoms with E-state index in [1.54, 1.807) is 6.07 Å². The fraction of sp³-hybridized carbons (Fsp3) is 0.429. The van der Waals surface area contributed by atoms with Crippen LogP contribution in [0.25, 0.3) is 22.4 Å². The molecule has 0 unspecified atom stereocenters. The lowest BCUT2D eigenvalue weighted by atomic mass is 9.92. The number of rotatable bonds is 7. The van der Waals surface area contributed by atoms with Crippen LogP contribution in [0.1, 0.15) is 63.0 Å². The van der Waals surface area contributed by atoms with Crippen molar-refractivity contribution in [2.45, 2.75) is 76.0 Å². The largest absolute Gasteiger partial charge is 0.364 e. The van der Waals surface area contributed by atoms with Crippen LogP contribution in [-0.4, -0.2) is 36.6 Å². The molecule has 4 aromatic rings. The van der Waals surface area contributed by atoms with Gasteiger partial charge in [0.05, 0.1) is 12.0 Å². The summed E-state index contributed by atoms with van der Waals surface area (Å²) in [6, 6.07) is 11.5. The van der Waals surface area contributed by atoms with E-state index >= 15 is 0 Å². The number of imidazole rings is 1. The molecule has 3 aromatic heterocycles. The van der Waals surface area contributed by atoms with Gasteiger partial charge in [0, 0.05) is 36.4 Å². The molecule has 3 heterocycles. The van der Waals surface area contributed by atoms with Crippen molar-refractivity contribution in [2.75, 3.05) is 10.6 Å². The van der Waals surface area contributed by atoms with Gasteiger partial charge in [0.1, 0.15) is 5.82 Å². The van der Waals surface area contributed by atoms with Gasteiger partial charge >= 0.3 is 0 Å². The quantitative estimate of drug-likeness (QED) is 0.310. The number of anilines is 2. The van der Waals surface area contributed by atoms with E-state index in [4.69, 9.17) is 20.7 Å². The first-order valence-corrected chi connectivity index (χ1v) is 13.3. The lowest BCUT2D eigenvalue weighted by molar-refractivity contribution is 0.410. The molecule has 0 bridgehead atoms. The van der Waals surface area contributed by atoms with Crippen LogP contribution >= 0.6 is 0 Å². The third-order valence-electron chi connectivity index (χ3n) is 7.65. The average molecular weight is 501 g/mol. The fourth-order valence-electron chi connectivity index (χ4n) is 5.53.